The van der Waals surface area contributed by atoms with Gasteiger partial charge in [0.1, 0.15) is 5.75 Å². The van der Waals surface area contributed by atoms with Crippen molar-refractivity contribution in [3.8, 4) is 5.75 Å². The SMILES string of the molecule is CCCOc1c(C)cc(Cl)c(C)c1C(O)C(N)CCN. The van der Waals surface area contributed by atoms with E-state index in [0.717, 1.165) is 17.5 Å². The zero-order valence-electron chi connectivity index (χ0n) is 12.4. The summed E-state index contributed by atoms with van der Waals surface area (Å²) in [5, 5.41) is 11.1. The molecule has 0 saturated carbocycles. The van der Waals surface area contributed by atoms with Crippen molar-refractivity contribution in [3.05, 3.63) is 27.8 Å². The van der Waals surface area contributed by atoms with Crippen molar-refractivity contribution in [1.82, 2.24) is 0 Å². The molecule has 0 heterocycles. The Hall–Kier alpha value is -0.810. The molecule has 0 bridgehead atoms. The van der Waals surface area contributed by atoms with E-state index in [4.69, 9.17) is 27.8 Å². The van der Waals surface area contributed by atoms with Gasteiger partial charge in [-0.2, -0.15) is 0 Å². The van der Waals surface area contributed by atoms with Crippen LogP contribution in [-0.2, 0) is 0 Å². The molecule has 1 aromatic rings. The lowest BCUT2D eigenvalue weighted by Crippen LogP contribution is -2.31. The molecule has 1 aromatic carbocycles. The molecule has 5 heteroatoms. The summed E-state index contributed by atoms with van der Waals surface area (Å²) in [5.74, 6) is 0.689. The molecule has 2 unspecified atom stereocenters. The third kappa shape index (κ3) is 3.85. The first-order valence-corrected chi connectivity index (χ1v) is 7.37. The predicted molar refractivity (Wildman–Crippen MR) is 83.3 cm³/mol. The van der Waals surface area contributed by atoms with Gasteiger partial charge in [-0.3, -0.25) is 0 Å². The lowest BCUT2D eigenvalue weighted by molar-refractivity contribution is 0.137. The van der Waals surface area contributed by atoms with E-state index in [1.165, 1.54) is 0 Å². The molecule has 0 amide bonds. The number of ether oxygens (including phenoxy) is 1. The maximum atomic E-state index is 10.5. The van der Waals surface area contributed by atoms with Crippen molar-refractivity contribution in [2.45, 2.75) is 45.8 Å². The molecule has 0 aliphatic rings. The Morgan fingerprint density at radius 2 is 2.05 bits per heavy atom. The molecule has 0 saturated heterocycles. The third-order valence-electron chi connectivity index (χ3n) is 3.36. The molecule has 0 radical (unpaired) electrons. The van der Waals surface area contributed by atoms with Crippen LogP contribution in [0.1, 0.15) is 42.6 Å². The van der Waals surface area contributed by atoms with Crippen LogP contribution in [0.3, 0.4) is 0 Å². The van der Waals surface area contributed by atoms with Gasteiger partial charge < -0.3 is 21.3 Å². The summed E-state index contributed by atoms with van der Waals surface area (Å²) in [6.45, 7) is 6.85. The van der Waals surface area contributed by atoms with Gasteiger partial charge in [-0.25, -0.2) is 0 Å². The monoisotopic (exact) mass is 300 g/mol. The largest absolute Gasteiger partial charge is 0.493 e. The van der Waals surface area contributed by atoms with Crippen molar-refractivity contribution in [1.29, 1.82) is 0 Å². The molecule has 20 heavy (non-hydrogen) atoms. The Morgan fingerprint density at radius 3 is 2.60 bits per heavy atom. The standard InChI is InChI=1S/C15H25ClN2O2/c1-4-7-20-15-9(2)8-11(16)10(3)13(15)14(19)12(18)5-6-17/h8,12,14,19H,4-7,17-18H2,1-3H3. The van der Waals surface area contributed by atoms with Gasteiger partial charge >= 0.3 is 0 Å². The van der Waals surface area contributed by atoms with Gasteiger partial charge in [0.05, 0.1) is 12.7 Å². The Morgan fingerprint density at radius 1 is 1.40 bits per heavy atom. The summed E-state index contributed by atoms with van der Waals surface area (Å²) in [4.78, 5) is 0. The second-order valence-corrected chi connectivity index (χ2v) is 5.48. The number of hydrogen-bond acceptors (Lipinski definition) is 4. The first-order valence-electron chi connectivity index (χ1n) is 7.00. The minimum absolute atomic E-state index is 0.430. The number of aliphatic hydroxyl groups is 1. The highest BCUT2D eigenvalue weighted by Crippen LogP contribution is 2.37. The summed E-state index contributed by atoms with van der Waals surface area (Å²) in [6, 6.07) is 1.42. The van der Waals surface area contributed by atoms with E-state index in [1.54, 1.807) is 0 Å². The van der Waals surface area contributed by atoms with Gasteiger partial charge in [-0.1, -0.05) is 18.5 Å². The molecule has 0 aliphatic carbocycles. The number of aryl methyl sites for hydroxylation is 1. The Balaban J connectivity index is 3.25. The van der Waals surface area contributed by atoms with Crippen LogP contribution >= 0.6 is 11.6 Å². The highest BCUT2D eigenvalue weighted by Gasteiger charge is 2.25. The van der Waals surface area contributed by atoms with Crippen LogP contribution in [0.15, 0.2) is 6.07 Å². The second kappa shape index (κ2) is 7.84. The number of halogens is 1. The molecule has 5 N–H and O–H groups in total. The number of benzene rings is 1. The number of hydrogen-bond donors (Lipinski definition) is 3. The average Bonchev–Trinajstić information content (AvgIpc) is 2.40. The maximum absolute atomic E-state index is 10.5. The Labute approximate surface area is 126 Å². The molecule has 2 atom stereocenters. The fourth-order valence-corrected chi connectivity index (χ4v) is 2.46. The van der Waals surface area contributed by atoms with Crippen LogP contribution in [0.25, 0.3) is 0 Å². The smallest absolute Gasteiger partial charge is 0.128 e. The fraction of sp³-hybridized carbons (Fsp3) is 0.600. The number of nitrogens with two attached hydrogens (primary N) is 2. The molecule has 0 aliphatic heterocycles. The van der Waals surface area contributed by atoms with Crippen molar-refractivity contribution < 1.29 is 9.84 Å². The van der Waals surface area contributed by atoms with Crippen molar-refractivity contribution >= 4 is 11.6 Å². The lowest BCUT2D eigenvalue weighted by atomic mass is 9.93. The Kier molecular flexibility index (Phi) is 6.76. The number of aliphatic hydroxyl groups excluding tert-OH is 1. The van der Waals surface area contributed by atoms with Crippen LogP contribution in [0.2, 0.25) is 5.02 Å². The third-order valence-corrected chi connectivity index (χ3v) is 3.75. The van der Waals surface area contributed by atoms with E-state index in [1.807, 2.05) is 26.8 Å². The van der Waals surface area contributed by atoms with Crippen LogP contribution in [0, 0.1) is 13.8 Å². The molecular formula is C15H25ClN2O2. The van der Waals surface area contributed by atoms with Gasteiger partial charge in [0, 0.05) is 16.6 Å². The lowest BCUT2D eigenvalue weighted by Gasteiger charge is -2.25. The summed E-state index contributed by atoms with van der Waals surface area (Å²) in [7, 11) is 0. The summed E-state index contributed by atoms with van der Waals surface area (Å²) in [5.41, 5.74) is 13.9. The predicted octanol–water partition coefficient (Wildman–Crippen LogP) is 2.46. The van der Waals surface area contributed by atoms with Crippen molar-refractivity contribution in [3.63, 3.8) is 0 Å². The van der Waals surface area contributed by atoms with Crippen molar-refractivity contribution in [2.24, 2.45) is 11.5 Å². The molecule has 4 nitrogen and oxygen atoms in total. The molecular weight excluding hydrogens is 276 g/mol. The normalized spacial score (nSPS) is 14.2. The van der Waals surface area contributed by atoms with E-state index in [9.17, 15) is 5.11 Å². The van der Waals surface area contributed by atoms with E-state index in [2.05, 4.69) is 0 Å². The minimum Gasteiger partial charge on any atom is -0.493 e. The molecule has 0 spiro atoms. The van der Waals surface area contributed by atoms with E-state index >= 15 is 0 Å². The topological polar surface area (TPSA) is 81.5 Å². The van der Waals surface area contributed by atoms with Gasteiger partial charge in [-0.05, 0) is 50.4 Å². The zero-order valence-corrected chi connectivity index (χ0v) is 13.2. The fourth-order valence-electron chi connectivity index (χ4n) is 2.19. The quantitative estimate of drug-likeness (QED) is 0.722. The summed E-state index contributed by atoms with van der Waals surface area (Å²) >= 11 is 6.22. The highest BCUT2D eigenvalue weighted by molar-refractivity contribution is 6.31. The molecule has 0 aromatic heterocycles. The van der Waals surface area contributed by atoms with E-state index in [-0.39, 0.29) is 0 Å². The van der Waals surface area contributed by atoms with Crippen LogP contribution in [0.4, 0.5) is 0 Å². The van der Waals surface area contributed by atoms with E-state index in [0.29, 0.717) is 35.9 Å². The van der Waals surface area contributed by atoms with Gasteiger partial charge in [0.2, 0.25) is 0 Å². The highest BCUT2D eigenvalue weighted by atomic mass is 35.5. The summed E-state index contributed by atoms with van der Waals surface area (Å²) < 4.78 is 5.80. The Bertz CT molecular complexity index is 452. The first-order chi connectivity index (χ1) is 9.43. The van der Waals surface area contributed by atoms with E-state index < -0.39 is 12.1 Å². The number of rotatable bonds is 7. The molecule has 1 rings (SSSR count). The maximum Gasteiger partial charge on any atom is 0.128 e. The van der Waals surface area contributed by atoms with Gasteiger partial charge in [0.25, 0.3) is 0 Å². The second-order valence-electron chi connectivity index (χ2n) is 5.08. The van der Waals surface area contributed by atoms with Gasteiger partial charge in [0.15, 0.2) is 0 Å². The van der Waals surface area contributed by atoms with Crippen LogP contribution in [0.5, 0.6) is 5.75 Å². The van der Waals surface area contributed by atoms with Crippen molar-refractivity contribution in [2.75, 3.05) is 13.2 Å². The van der Waals surface area contributed by atoms with Gasteiger partial charge in [-0.15, -0.1) is 0 Å². The minimum atomic E-state index is -0.831. The average molecular weight is 301 g/mol. The summed E-state index contributed by atoms with van der Waals surface area (Å²) in [6.07, 6.45) is 0.605. The molecule has 0 fully saturated rings. The zero-order chi connectivity index (χ0) is 15.3. The molecule has 114 valence electrons. The first kappa shape index (κ1) is 17.2. The van der Waals surface area contributed by atoms with Crippen LogP contribution < -0.4 is 16.2 Å². The van der Waals surface area contributed by atoms with Crippen LogP contribution in [-0.4, -0.2) is 24.3 Å².